The van der Waals surface area contributed by atoms with Gasteiger partial charge in [-0.15, -0.1) is 0 Å². The van der Waals surface area contributed by atoms with Crippen LogP contribution in [0.2, 0.25) is 0 Å². The van der Waals surface area contributed by atoms with Crippen LogP contribution in [0.3, 0.4) is 0 Å². The Hall–Kier alpha value is -1.92. The summed E-state index contributed by atoms with van der Waals surface area (Å²) in [4.78, 5) is 24.6. The molecule has 2 aliphatic rings. The van der Waals surface area contributed by atoms with Gasteiger partial charge in [0.25, 0.3) is 11.8 Å². The first-order chi connectivity index (χ1) is 11.6. The number of amides is 2. The first-order valence-corrected chi connectivity index (χ1v) is 8.68. The molecule has 3 atom stereocenters. The van der Waals surface area contributed by atoms with Crippen molar-refractivity contribution in [2.24, 2.45) is 0 Å². The van der Waals surface area contributed by atoms with Crippen molar-refractivity contribution in [2.45, 2.75) is 50.8 Å². The van der Waals surface area contributed by atoms with Crippen molar-refractivity contribution in [3.8, 4) is 0 Å². The summed E-state index contributed by atoms with van der Waals surface area (Å²) in [7, 11) is 0. The van der Waals surface area contributed by atoms with Crippen LogP contribution >= 0.6 is 0 Å². The molecule has 3 rings (SSSR count). The number of nitrogens with one attached hydrogen (secondary N) is 3. The van der Waals surface area contributed by atoms with Crippen LogP contribution in [0.1, 0.15) is 43.0 Å². The zero-order valence-corrected chi connectivity index (χ0v) is 14.0. The van der Waals surface area contributed by atoms with Gasteiger partial charge in [0.1, 0.15) is 6.10 Å². The fraction of sp³-hybridized carbons (Fsp3) is 0.556. The molecule has 0 saturated carbocycles. The molecule has 2 fully saturated rings. The van der Waals surface area contributed by atoms with Gasteiger partial charge in [-0.05, 0) is 57.4 Å². The standard InChI is InChI=1S/C18H25N3O3/c1-12-10-15(7-8-19-12)20-17(22)13-4-2-5-14(11-13)21-18(23)16-6-3-9-24-16/h2,4-5,11-12,15-16,19H,3,6-10H2,1H3,(H,20,22)(H,21,23). The number of rotatable bonds is 4. The minimum absolute atomic E-state index is 0.0951. The van der Waals surface area contributed by atoms with Gasteiger partial charge >= 0.3 is 0 Å². The van der Waals surface area contributed by atoms with E-state index in [2.05, 4.69) is 22.9 Å². The topological polar surface area (TPSA) is 79.5 Å². The molecule has 0 bridgehead atoms. The fourth-order valence-electron chi connectivity index (χ4n) is 3.28. The minimum atomic E-state index is -0.376. The second-order valence-electron chi connectivity index (χ2n) is 6.62. The molecule has 3 N–H and O–H groups in total. The van der Waals surface area contributed by atoms with Gasteiger partial charge in [-0.1, -0.05) is 6.07 Å². The van der Waals surface area contributed by atoms with E-state index in [1.54, 1.807) is 24.3 Å². The molecule has 130 valence electrons. The molecule has 6 heteroatoms. The summed E-state index contributed by atoms with van der Waals surface area (Å²) in [6.45, 7) is 3.68. The van der Waals surface area contributed by atoms with Crippen LogP contribution in [0.15, 0.2) is 24.3 Å². The Labute approximate surface area is 142 Å². The largest absolute Gasteiger partial charge is 0.368 e. The summed E-state index contributed by atoms with van der Waals surface area (Å²) in [5, 5.41) is 9.29. The highest BCUT2D eigenvalue weighted by atomic mass is 16.5. The maximum Gasteiger partial charge on any atom is 0.253 e. The van der Waals surface area contributed by atoms with Gasteiger partial charge in [-0.3, -0.25) is 9.59 Å². The Morgan fingerprint density at radius 2 is 2.17 bits per heavy atom. The molecule has 0 radical (unpaired) electrons. The smallest absolute Gasteiger partial charge is 0.253 e. The molecule has 1 aromatic carbocycles. The lowest BCUT2D eigenvalue weighted by Gasteiger charge is -2.28. The van der Waals surface area contributed by atoms with E-state index in [1.165, 1.54) is 0 Å². The quantitative estimate of drug-likeness (QED) is 0.784. The highest BCUT2D eigenvalue weighted by molar-refractivity contribution is 5.98. The Morgan fingerprint density at radius 3 is 2.92 bits per heavy atom. The van der Waals surface area contributed by atoms with Crippen LogP contribution in [-0.4, -0.2) is 43.2 Å². The zero-order chi connectivity index (χ0) is 16.9. The van der Waals surface area contributed by atoms with E-state index in [-0.39, 0.29) is 24.0 Å². The van der Waals surface area contributed by atoms with Gasteiger partial charge in [0, 0.05) is 29.9 Å². The highest BCUT2D eigenvalue weighted by Crippen LogP contribution is 2.17. The number of carbonyl (C=O) groups excluding carboxylic acids is 2. The summed E-state index contributed by atoms with van der Waals surface area (Å²) in [5.74, 6) is -0.237. The zero-order valence-electron chi connectivity index (χ0n) is 14.0. The van der Waals surface area contributed by atoms with E-state index in [4.69, 9.17) is 4.74 Å². The lowest BCUT2D eigenvalue weighted by atomic mass is 10.00. The molecule has 0 aromatic heterocycles. The second kappa shape index (κ2) is 7.77. The van der Waals surface area contributed by atoms with E-state index < -0.39 is 0 Å². The number of piperidine rings is 1. The van der Waals surface area contributed by atoms with Crippen molar-refractivity contribution in [3.05, 3.63) is 29.8 Å². The number of hydrogen-bond acceptors (Lipinski definition) is 4. The first kappa shape index (κ1) is 16.9. The van der Waals surface area contributed by atoms with Crippen LogP contribution in [0.25, 0.3) is 0 Å². The lowest BCUT2D eigenvalue weighted by Crippen LogP contribution is -2.46. The third-order valence-electron chi connectivity index (χ3n) is 4.57. The Morgan fingerprint density at radius 1 is 1.29 bits per heavy atom. The third-order valence-corrected chi connectivity index (χ3v) is 4.57. The van der Waals surface area contributed by atoms with Crippen molar-refractivity contribution < 1.29 is 14.3 Å². The maximum atomic E-state index is 12.4. The number of carbonyl (C=O) groups is 2. The molecular weight excluding hydrogens is 306 g/mol. The Bertz CT molecular complexity index is 599. The molecule has 2 amide bonds. The molecule has 2 saturated heterocycles. The average molecular weight is 331 g/mol. The van der Waals surface area contributed by atoms with Crippen molar-refractivity contribution in [3.63, 3.8) is 0 Å². The first-order valence-electron chi connectivity index (χ1n) is 8.68. The number of benzene rings is 1. The van der Waals surface area contributed by atoms with Crippen molar-refractivity contribution in [1.29, 1.82) is 0 Å². The van der Waals surface area contributed by atoms with Gasteiger partial charge in [0.15, 0.2) is 0 Å². The summed E-state index contributed by atoms with van der Waals surface area (Å²) >= 11 is 0. The molecule has 6 nitrogen and oxygen atoms in total. The van der Waals surface area contributed by atoms with Crippen LogP contribution in [-0.2, 0) is 9.53 Å². The molecule has 3 unspecified atom stereocenters. The molecule has 0 spiro atoms. The molecule has 24 heavy (non-hydrogen) atoms. The predicted molar refractivity (Wildman–Crippen MR) is 92.0 cm³/mol. The third kappa shape index (κ3) is 4.33. The van der Waals surface area contributed by atoms with Crippen molar-refractivity contribution >= 4 is 17.5 Å². The van der Waals surface area contributed by atoms with Gasteiger partial charge in [-0.2, -0.15) is 0 Å². The van der Waals surface area contributed by atoms with E-state index >= 15 is 0 Å². The Kier molecular flexibility index (Phi) is 5.48. The number of anilines is 1. The predicted octanol–water partition coefficient (Wildman–Crippen LogP) is 1.67. The maximum absolute atomic E-state index is 12.4. The monoisotopic (exact) mass is 331 g/mol. The van der Waals surface area contributed by atoms with Gasteiger partial charge < -0.3 is 20.7 Å². The minimum Gasteiger partial charge on any atom is -0.368 e. The van der Waals surface area contributed by atoms with Gasteiger partial charge in [0.05, 0.1) is 0 Å². The number of ether oxygens (including phenoxy) is 1. The average Bonchev–Trinajstić information content (AvgIpc) is 3.10. The van der Waals surface area contributed by atoms with Gasteiger partial charge in [0.2, 0.25) is 0 Å². The molecule has 2 aliphatic heterocycles. The van der Waals surface area contributed by atoms with Crippen molar-refractivity contribution in [2.75, 3.05) is 18.5 Å². The molecule has 1 aromatic rings. The summed E-state index contributed by atoms with van der Waals surface area (Å²) < 4.78 is 5.38. The summed E-state index contributed by atoms with van der Waals surface area (Å²) in [5.41, 5.74) is 1.19. The highest BCUT2D eigenvalue weighted by Gasteiger charge is 2.24. The van der Waals surface area contributed by atoms with E-state index in [0.717, 1.165) is 32.2 Å². The van der Waals surface area contributed by atoms with Crippen LogP contribution in [0.4, 0.5) is 5.69 Å². The van der Waals surface area contributed by atoms with E-state index in [9.17, 15) is 9.59 Å². The SMILES string of the molecule is CC1CC(NC(=O)c2cccc(NC(=O)C3CCCO3)c2)CCN1. The normalized spacial score (nSPS) is 26.8. The Balaban J connectivity index is 1.59. The molecular formula is C18H25N3O3. The van der Waals surface area contributed by atoms with Crippen molar-refractivity contribution in [1.82, 2.24) is 10.6 Å². The summed E-state index contributed by atoms with van der Waals surface area (Å²) in [6, 6.07) is 7.66. The summed E-state index contributed by atoms with van der Waals surface area (Å²) in [6.07, 6.45) is 3.15. The van der Waals surface area contributed by atoms with E-state index in [0.29, 0.717) is 23.9 Å². The fourth-order valence-corrected chi connectivity index (χ4v) is 3.28. The van der Waals surface area contributed by atoms with Crippen LogP contribution in [0.5, 0.6) is 0 Å². The second-order valence-corrected chi connectivity index (χ2v) is 6.62. The molecule has 0 aliphatic carbocycles. The number of hydrogen-bond donors (Lipinski definition) is 3. The molecule has 2 heterocycles. The van der Waals surface area contributed by atoms with Gasteiger partial charge in [-0.25, -0.2) is 0 Å². The van der Waals surface area contributed by atoms with Crippen LogP contribution < -0.4 is 16.0 Å². The lowest BCUT2D eigenvalue weighted by molar-refractivity contribution is -0.124. The van der Waals surface area contributed by atoms with Crippen LogP contribution in [0, 0.1) is 0 Å². The van der Waals surface area contributed by atoms with E-state index in [1.807, 2.05) is 0 Å².